The quantitative estimate of drug-likeness (QED) is 0.917. The highest BCUT2D eigenvalue weighted by Crippen LogP contribution is 2.27. The lowest BCUT2D eigenvalue weighted by Gasteiger charge is -2.31. The van der Waals surface area contributed by atoms with Crippen molar-refractivity contribution in [3.63, 3.8) is 0 Å². The number of benzene rings is 2. The van der Waals surface area contributed by atoms with Gasteiger partial charge < -0.3 is 15.0 Å². The minimum absolute atomic E-state index is 0.0325. The van der Waals surface area contributed by atoms with Crippen LogP contribution in [0.2, 0.25) is 0 Å². The molecule has 1 aliphatic heterocycles. The molecule has 0 saturated heterocycles. The monoisotopic (exact) mass is 324 g/mol. The standard InChI is InChI=1S/C20H24N2O2/c1-15(17-10-4-6-12-19(17)24-2)21-20(23)14-22-13-7-9-16-8-3-5-11-18(16)22/h3-6,8,10-12,15H,7,9,13-14H2,1-2H3,(H,21,23). The molecule has 4 heteroatoms. The van der Waals surface area contributed by atoms with E-state index in [1.54, 1.807) is 7.11 Å². The van der Waals surface area contributed by atoms with Crippen molar-refractivity contribution in [2.75, 3.05) is 25.1 Å². The Balaban J connectivity index is 1.66. The van der Waals surface area contributed by atoms with Gasteiger partial charge >= 0.3 is 0 Å². The van der Waals surface area contributed by atoms with Crippen LogP contribution in [-0.2, 0) is 11.2 Å². The third-order valence-corrected chi connectivity index (χ3v) is 4.52. The van der Waals surface area contributed by atoms with E-state index in [1.165, 1.54) is 11.3 Å². The van der Waals surface area contributed by atoms with E-state index in [2.05, 4.69) is 28.4 Å². The summed E-state index contributed by atoms with van der Waals surface area (Å²) in [6.45, 7) is 3.30. The molecule has 1 atom stereocenters. The molecule has 0 fully saturated rings. The van der Waals surface area contributed by atoms with E-state index in [0.29, 0.717) is 6.54 Å². The normalized spacial score (nSPS) is 14.7. The van der Waals surface area contributed by atoms with Crippen LogP contribution in [0.15, 0.2) is 48.5 Å². The van der Waals surface area contributed by atoms with Crippen LogP contribution in [0, 0.1) is 0 Å². The second-order valence-electron chi connectivity index (χ2n) is 6.18. The van der Waals surface area contributed by atoms with Gasteiger partial charge in [0, 0.05) is 17.8 Å². The average Bonchev–Trinajstić information content (AvgIpc) is 2.62. The zero-order chi connectivity index (χ0) is 16.9. The molecule has 0 aliphatic carbocycles. The molecule has 2 aromatic rings. The molecule has 2 aromatic carbocycles. The van der Waals surface area contributed by atoms with Gasteiger partial charge in [0.1, 0.15) is 5.75 Å². The fourth-order valence-electron chi connectivity index (χ4n) is 3.34. The number of aryl methyl sites for hydroxylation is 1. The average molecular weight is 324 g/mol. The number of carbonyl (C=O) groups excluding carboxylic acids is 1. The molecule has 0 spiro atoms. The fourth-order valence-corrected chi connectivity index (χ4v) is 3.34. The molecule has 0 bridgehead atoms. The summed E-state index contributed by atoms with van der Waals surface area (Å²) >= 11 is 0. The number of hydrogen-bond donors (Lipinski definition) is 1. The Kier molecular flexibility index (Phi) is 5.04. The lowest BCUT2D eigenvalue weighted by atomic mass is 10.0. The molecule has 1 heterocycles. The van der Waals surface area contributed by atoms with E-state index in [-0.39, 0.29) is 11.9 Å². The van der Waals surface area contributed by atoms with E-state index in [0.717, 1.165) is 30.7 Å². The molecule has 1 amide bonds. The Hall–Kier alpha value is -2.49. The number of nitrogens with one attached hydrogen (secondary N) is 1. The van der Waals surface area contributed by atoms with Crippen LogP contribution in [0.25, 0.3) is 0 Å². The summed E-state index contributed by atoms with van der Waals surface area (Å²) in [4.78, 5) is 14.7. The maximum Gasteiger partial charge on any atom is 0.239 e. The van der Waals surface area contributed by atoms with E-state index >= 15 is 0 Å². The largest absolute Gasteiger partial charge is 0.496 e. The highest BCUT2D eigenvalue weighted by Gasteiger charge is 2.20. The molecule has 3 rings (SSSR count). The van der Waals surface area contributed by atoms with Crippen LogP contribution < -0.4 is 15.0 Å². The number of carbonyl (C=O) groups is 1. The SMILES string of the molecule is COc1ccccc1C(C)NC(=O)CN1CCCc2ccccc21. The van der Waals surface area contributed by atoms with Crippen LogP contribution >= 0.6 is 0 Å². The van der Waals surface area contributed by atoms with Crippen molar-refractivity contribution in [3.05, 3.63) is 59.7 Å². The number of rotatable bonds is 5. The Bertz CT molecular complexity index is 714. The second-order valence-corrected chi connectivity index (χ2v) is 6.18. The van der Waals surface area contributed by atoms with Gasteiger partial charge in [-0.05, 0) is 37.5 Å². The van der Waals surface area contributed by atoms with Gasteiger partial charge in [-0.15, -0.1) is 0 Å². The molecular weight excluding hydrogens is 300 g/mol. The van der Waals surface area contributed by atoms with Crippen molar-refractivity contribution in [1.82, 2.24) is 5.32 Å². The Morgan fingerprint density at radius 2 is 1.96 bits per heavy atom. The van der Waals surface area contributed by atoms with E-state index in [4.69, 9.17) is 4.74 Å². The third kappa shape index (κ3) is 3.53. The summed E-state index contributed by atoms with van der Waals surface area (Å²) in [5.74, 6) is 0.832. The molecule has 1 unspecified atom stereocenters. The molecule has 1 N–H and O–H groups in total. The number of amides is 1. The van der Waals surface area contributed by atoms with Crippen molar-refractivity contribution in [1.29, 1.82) is 0 Å². The topological polar surface area (TPSA) is 41.6 Å². The van der Waals surface area contributed by atoms with Crippen LogP contribution in [0.5, 0.6) is 5.75 Å². The number of hydrogen-bond acceptors (Lipinski definition) is 3. The van der Waals surface area contributed by atoms with Crippen molar-refractivity contribution in [3.8, 4) is 5.75 Å². The summed E-state index contributed by atoms with van der Waals surface area (Å²) in [7, 11) is 1.65. The summed E-state index contributed by atoms with van der Waals surface area (Å²) in [6, 6.07) is 16.1. The van der Waals surface area contributed by atoms with Crippen LogP contribution in [0.4, 0.5) is 5.69 Å². The number of anilines is 1. The van der Waals surface area contributed by atoms with E-state index in [1.807, 2.05) is 37.3 Å². The van der Waals surface area contributed by atoms with Gasteiger partial charge in [0.2, 0.25) is 5.91 Å². The van der Waals surface area contributed by atoms with Gasteiger partial charge in [0.05, 0.1) is 19.7 Å². The lowest BCUT2D eigenvalue weighted by molar-refractivity contribution is -0.120. The molecule has 0 aromatic heterocycles. The number of para-hydroxylation sites is 2. The molecule has 126 valence electrons. The molecule has 4 nitrogen and oxygen atoms in total. The van der Waals surface area contributed by atoms with Crippen molar-refractivity contribution < 1.29 is 9.53 Å². The maximum absolute atomic E-state index is 12.5. The summed E-state index contributed by atoms with van der Waals surface area (Å²) < 4.78 is 5.38. The maximum atomic E-state index is 12.5. The summed E-state index contributed by atoms with van der Waals surface area (Å²) in [5.41, 5.74) is 3.51. The third-order valence-electron chi connectivity index (χ3n) is 4.52. The molecular formula is C20H24N2O2. The minimum Gasteiger partial charge on any atom is -0.496 e. The van der Waals surface area contributed by atoms with Gasteiger partial charge in [-0.25, -0.2) is 0 Å². The zero-order valence-electron chi connectivity index (χ0n) is 14.3. The Morgan fingerprint density at radius 1 is 1.21 bits per heavy atom. The number of ether oxygens (including phenoxy) is 1. The van der Waals surface area contributed by atoms with E-state index in [9.17, 15) is 4.79 Å². The minimum atomic E-state index is -0.0892. The smallest absolute Gasteiger partial charge is 0.239 e. The molecule has 0 radical (unpaired) electrons. The predicted octanol–water partition coefficient (Wildman–Crippen LogP) is 3.33. The van der Waals surface area contributed by atoms with Gasteiger partial charge in [-0.1, -0.05) is 36.4 Å². The number of nitrogens with zero attached hydrogens (tertiary/aromatic N) is 1. The predicted molar refractivity (Wildman–Crippen MR) is 96.5 cm³/mol. The van der Waals surface area contributed by atoms with Crippen LogP contribution in [0.3, 0.4) is 0 Å². The molecule has 0 saturated carbocycles. The summed E-state index contributed by atoms with van der Waals surface area (Å²) in [5, 5.41) is 3.09. The van der Waals surface area contributed by atoms with Crippen molar-refractivity contribution >= 4 is 11.6 Å². The Morgan fingerprint density at radius 3 is 2.79 bits per heavy atom. The van der Waals surface area contributed by atoms with E-state index < -0.39 is 0 Å². The highest BCUT2D eigenvalue weighted by molar-refractivity contribution is 5.82. The van der Waals surface area contributed by atoms with Crippen LogP contribution in [0.1, 0.15) is 30.5 Å². The number of methoxy groups -OCH3 is 1. The van der Waals surface area contributed by atoms with Gasteiger partial charge in [0.25, 0.3) is 0 Å². The lowest BCUT2D eigenvalue weighted by Crippen LogP contribution is -2.40. The van der Waals surface area contributed by atoms with Gasteiger partial charge in [-0.3, -0.25) is 4.79 Å². The van der Waals surface area contributed by atoms with Crippen LogP contribution in [-0.4, -0.2) is 26.1 Å². The fraction of sp³-hybridized carbons (Fsp3) is 0.350. The second kappa shape index (κ2) is 7.39. The highest BCUT2D eigenvalue weighted by atomic mass is 16.5. The first kappa shape index (κ1) is 16.4. The Labute approximate surface area is 143 Å². The first-order chi connectivity index (χ1) is 11.7. The summed E-state index contributed by atoms with van der Waals surface area (Å²) in [6.07, 6.45) is 2.18. The zero-order valence-corrected chi connectivity index (χ0v) is 14.3. The first-order valence-electron chi connectivity index (χ1n) is 8.44. The van der Waals surface area contributed by atoms with Gasteiger partial charge in [-0.2, -0.15) is 0 Å². The molecule has 24 heavy (non-hydrogen) atoms. The number of fused-ring (bicyclic) bond motifs is 1. The van der Waals surface area contributed by atoms with Crippen molar-refractivity contribution in [2.45, 2.75) is 25.8 Å². The molecule has 1 aliphatic rings. The van der Waals surface area contributed by atoms with Crippen molar-refractivity contribution in [2.24, 2.45) is 0 Å². The van der Waals surface area contributed by atoms with Gasteiger partial charge in [0.15, 0.2) is 0 Å². The first-order valence-corrected chi connectivity index (χ1v) is 8.44.